The monoisotopic (exact) mass is 233 g/mol. The van der Waals surface area contributed by atoms with Crippen LogP contribution in [0.1, 0.15) is 30.8 Å². The lowest BCUT2D eigenvalue weighted by Gasteiger charge is -2.13. The summed E-state index contributed by atoms with van der Waals surface area (Å²) in [6.07, 6.45) is 0.741. The smallest absolute Gasteiger partial charge is 0.272 e. The Balaban J connectivity index is 2.41. The van der Waals surface area contributed by atoms with Gasteiger partial charge in [-0.15, -0.1) is 16.7 Å². The maximum Gasteiger partial charge on any atom is 0.272 e. The van der Waals surface area contributed by atoms with Crippen molar-refractivity contribution >= 4 is 29.0 Å². The summed E-state index contributed by atoms with van der Waals surface area (Å²) in [5, 5.41) is 8.14. The molecule has 78 valence electrons. The Bertz CT molecular complexity index is 289. The minimum absolute atomic E-state index is 0.0525. The number of hydrogen-bond acceptors (Lipinski definition) is 4. The van der Waals surface area contributed by atoms with Gasteiger partial charge in [0, 0.05) is 16.8 Å². The second kappa shape index (κ2) is 5.26. The summed E-state index contributed by atoms with van der Waals surface area (Å²) in [7, 11) is 0. The lowest BCUT2D eigenvalue weighted by Crippen LogP contribution is -2.34. The standard InChI is InChI=1S/C8H12ClN3OS/c1-5(9)3-6(2)10-8(13)7-4-14-12-11-7/h4-6H,3H2,1-2H3,(H,10,13). The Labute approximate surface area is 91.8 Å². The van der Waals surface area contributed by atoms with E-state index in [1.54, 1.807) is 5.38 Å². The van der Waals surface area contributed by atoms with Gasteiger partial charge in [-0.2, -0.15) is 0 Å². The number of hydrogen-bond donors (Lipinski definition) is 1. The van der Waals surface area contributed by atoms with E-state index in [1.165, 1.54) is 0 Å². The van der Waals surface area contributed by atoms with E-state index >= 15 is 0 Å². The van der Waals surface area contributed by atoms with Crippen molar-refractivity contribution in [3.63, 3.8) is 0 Å². The molecular weight excluding hydrogens is 222 g/mol. The Morgan fingerprint density at radius 3 is 2.93 bits per heavy atom. The van der Waals surface area contributed by atoms with Gasteiger partial charge in [-0.05, 0) is 31.8 Å². The van der Waals surface area contributed by atoms with Gasteiger partial charge >= 0.3 is 0 Å². The molecule has 2 atom stereocenters. The van der Waals surface area contributed by atoms with Gasteiger partial charge in [-0.1, -0.05) is 4.49 Å². The molecule has 1 N–H and O–H groups in total. The molecule has 0 saturated heterocycles. The minimum Gasteiger partial charge on any atom is -0.348 e. The van der Waals surface area contributed by atoms with E-state index in [-0.39, 0.29) is 17.3 Å². The molecular formula is C8H12ClN3OS. The van der Waals surface area contributed by atoms with E-state index < -0.39 is 0 Å². The van der Waals surface area contributed by atoms with Crippen molar-refractivity contribution in [2.24, 2.45) is 0 Å². The third-order valence-electron chi connectivity index (χ3n) is 1.65. The highest BCUT2D eigenvalue weighted by Crippen LogP contribution is 2.05. The summed E-state index contributed by atoms with van der Waals surface area (Å²) in [4.78, 5) is 11.4. The molecule has 0 radical (unpaired) electrons. The van der Waals surface area contributed by atoms with Crippen molar-refractivity contribution in [3.8, 4) is 0 Å². The zero-order valence-corrected chi connectivity index (χ0v) is 9.60. The van der Waals surface area contributed by atoms with Crippen molar-refractivity contribution < 1.29 is 4.79 Å². The average Bonchev–Trinajstić information content (AvgIpc) is 2.53. The topological polar surface area (TPSA) is 54.9 Å². The number of rotatable bonds is 4. The van der Waals surface area contributed by atoms with Crippen LogP contribution in [0.5, 0.6) is 0 Å². The summed E-state index contributed by atoms with van der Waals surface area (Å²) in [5.41, 5.74) is 0.365. The van der Waals surface area contributed by atoms with E-state index in [2.05, 4.69) is 14.9 Å². The molecule has 4 nitrogen and oxygen atoms in total. The van der Waals surface area contributed by atoms with E-state index in [1.807, 2.05) is 13.8 Å². The quantitative estimate of drug-likeness (QED) is 0.805. The van der Waals surface area contributed by atoms with Gasteiger partial charge in [0.25, 0.3) is 5.91 Å². The number of amides is 1. The van der Waals surface area contributed by atoms with Crippen LogP contribution in [0.4, 0.5) is 0 Å². The predicted octanol–water partition coefficient (Wildman–Crippen LogP) is 1.67. The molecule has 1 amide bonds. The molecule has 6 heteroatoms. The Morgan fingerprint density at radius 1 is 1.71 bits per heavy atom. The largest absolute Gasteiger partial charge is 0.348 e. The fourth-order valence-corrected chi connectivity index (χ4v) is 1.81. The average molecular weight is 234 g/mol. The zero-order valence-electron chi connectivity index (χ0n) is 8.03. The van der Waals surface area contributed by atoms with Gasteiger partial charge in [0.1, 0.15) is 0 Å². The summed E-state index contributed by atoms with van der Waals surface area (Å²) >= 11 is 6.96. The SMILES string of the molecule is CC(Cl)CC(C)NC(=O)c1csnn1. The van der Waals surface area contributed by atoms with Gasteiger partial charge in [0.05, 0.1) is 0 Å². The van der Waals surface area contributed by atoms with Crippen LogP contribution in [0.15, 0.2) is 5.38 Å². The third-order valence-corrected chi connectivity index (χ3v) is 2.33. The van der Waals surface area contributed by atoms with Crippen LogP contribution in [0.25, 0.3) is 0 Å². The number of carbonyl (C=O) groups excluding carboxylic acids is 1. The molecule has 0 fully saturated rings. The lowest BCUT2D eigenvalue weighted by molar-refractivity contribution is 0.0933. The first-order chi connectivity index (χ1) is 6.59. The van der Waals surface area contributed by atoms with E-state index in [4.69, 9.17) is 11.6 Å². The molecule has 0 aliphatic heterocycles. The molecule has 0 aromatic carbocycles. The number of nitrogens with zero attached hydrogens (tertiary/aromatic N) is 2. The van der Waals surface area contributed by atoms with Crippen molar-refractivity contribution in [2.75, 3.05) is 0 Å². The van der Waals surface area contributed by atoms with E-state index in [9.17, 15) is 4.79 Å². The summed E-state index contributed by atoms with van der Waals surface area (Å²) < 4.78 is 3.62. The molecule has 0 aliphatic rings. The zero-order chi connectivity index (χ0) is 10.6. The lowest BCUT2D eigenvalue weighted by atomic mass is 10.2. The van der Waals surface area contributed by atoms with Crippen LogP contribution in [0.2, 0.25) is 0 Å². The Kier molecular flexibility index (Phi) is 4.28. The van der Waals surface area contributed by atoms with Gasteiger partial charge in [-0.3, -0.25) is 4.79 Å². The minimum atomic E-state index is -0.191. The molecule has 0 saturated carbocycles. The van der Waals surface area contributed by atoms with Gasteiger partial charge in [-0.25, -0.2) is 0 Å². The molecule has 1 aromatic rings. The van der Waals surface area contributed by atoms with Crippen molar-refractivity contribution in [2.45, 2.75) is 31.7 Å². The van der Waals surface area contributed by atoms with Crippen LogP contribution >= 0.6 is 23.1 Å². The molecule has 14 heavy (non-hydrogen) atoms. The third kappa shape index (κ3) is 3.59. The number of nitrogens with one attached hydrogen (secondary N) is 1. The van der Waals surface area contributed by atoms with Gasteiger partial charge < -0.3 is 5.32 Å². The van der Waals surface area contributed by atoms with Crippen molar-refractivity contribution in [1.29, 1.82) is 0 Å². The molecule has 0 spiro atoms. The van der Waals surface area contributed by atoms with Crippen molar-refractivity contribution in [3.05, 3.63) is 11.1 Å². The summed E-state index contributed by atoms with van der Waals surface area (Å²) in [6.45, 7) is 3.81. The first-order valence-corrected chi connectivity index (χ1v) is 5.59. The normalized spacial score (nSPS) is 14.8. The second-order valence-electron chi connectivity index (χ2n) is 3.18. The molecule has 1 rings (SSSR count). The van der Waals surface area contributed by atoms with E-state index in [0.29, 0.717) is 5.69 Å². The fraction of sp³-hybridized carbons (Fsp3) is 0.625. The maximum absolute atomic E-state index is 11.4. The van der Waals surface area contributed by atoms with Gasteiger partial charge in [0.2, 0.25) is 0 Å². The second-order valence-corrected chi connectivity index (χ2v) is 4.54. The fourth-order valence-electron chi connectivity index (χ4n) is 1.11. The number of carbonyl (C=O) groups is 1. The Morgan fingerprint density at radius 2 is 2.43 bits per heavy atom. The first-order valence-electron chi connectivity index (χ1n) is 4.31. The maximum atomic E-state index is 11.4. The molecule has 0 bridgehead atoms. The van der Waals surface area contributed by atoms with Crippen LogP contribution < -0.4 is 5.32 Å². The highest BCUT2D eigenvalue weighted by atomic mass is 35.5. The number of halogens is 1. The predicted molar refractivity (Wildman–Crippen MR) is 56.8 cm³/mol. The molecule has 1 aromatic heterocycles. The summed E-state index contributed by atoms with van der Waals surface area (Å²) in [6, 6.07) is 0.0525. The molecule has 0 aliphatic carbocycles. The number of alkyl halides is 1. The highest BCUT2D eigenvalue weighted by molar-refractivity contribution is 7.03. The Hall–Kier alpha value is -0.680. The van der Waals surface area contributed by atoms with Gasteiger partial charge in [0.15, 0.2) is 5.69 Å². The van der Waals surface area contributed by atoms with Crippen LogP contribution in [0.3, 0.4) is 0 Å². The van der Waals surface area contributed by atoms with Crippen LogP contribution in [-0.4, -0.2) is 26.9 Å². The summed E-state index contributed by atoms with van der Waals surface area (Å²) in [5.74, 6) is -0.191. The van der Waals surface area contributed by atoms with Crippen LogP contribution in [0, 0.1) is 0 Å². The molecule has 1 heterocycles. The van der Waals surface area contributed by atoms with Crippen molar-refractivity contribution in [1.82, 2.24) is 14.9 Å². The van der Waals surface area contributed by atoms with E-state index in [0.717, 1.165) is 18.0 Å². The first kappa shape index (κ1) is 11.4. The highest BCUT2D eigenvalue weighted by Gasteiger charge is 2.13. The molecule has 2 unspecified atom stereocenters. The number of aromatic nitrogens is 2. The van der Waals surface area contributed by atoms with Crippen LogP contribution in [-0.2, 0) is 0 Å².